The van der Waals surface area contributed by atoms with E-state index >= 15 is 0 Å². The van der Waals surface area contributed by atoms with Gasteiger partial charge in [0.05, 0.1) is 12.0 Å². The van der Waals surface area contributed by atoms with Gasteiger partial charge in [-0.1, -0.05) is 6.07 Å². The highest BCUT2D eigenvalue weighted by atomic mass is 32.2. The maximum atomic E-state index is 12.6. The van der Waals surface area contributed by atoms with E-state index in [0.717, 1.165) is 12.8 Å². The van der Waals surface area contributed by atoms with Crippen molar-refractivity contribution in [2.45, 2.75) is 23.8 Å². The monoisotopic (exact) mass is 389 g/mol. The average molecular weight is 389 g/mol. The van der Waals surface area contributed by atoms with Crippen molar-refractivity contribution in [1.82, 2.24) is 5.32 Å². The fourth-order valence-electron chi connectivity index (χ4n) is 2.68. The first-order chi connectivity index (χ1) is 12.9. The summed E-state index contributed by atoms with van der Waals surface area (Å²) in [4.78, 5) is 12.3. The van der Waals surface area contributed by atoms with E-state index in [4.69, 9.17) is 10.5 Å². The fourth-order valence-corrected chi connectivity index (χ4v) is 3.79. The maximum Gasteiger partial charge on any atom is 0.261 e. The van der Waals surface area contributed by atoms with Gasteiger partial charge >= 0.3 is 0 Å². The highest BCUT2D eigenvalue weighted by molar-refractivity contribution is 7.92. The summed E-state index contributed by atoms with van der Waals surface area (Å²) in [7, 11) is -2.28. The van der Waals surface area contributed by atoms with Crippen LogP contribution in [-0.4, -0.2) is 34.0 Å². The number of nitrogens with two attached hydrogens (primary N) is 1. The molecule has 144 valence electrons. The fraction of sp³-hybridized carbons (Fsp3) is 0.316. The van der Waals surface area contributed by atoms with Crippen LogP contribution < -0.4 is 20.5 Å². The van der Waals surface area contributed by atoms with E-state index in [0.29, 0.717) is 23.9 Å². The second-order valence-corrected chi connectivity index (χ2v) is 8.26. The molecule has 1 atom stereocenters. The van der Waals surface area contributed by atoms with Crippen LogP contribution in [0.5, 0.6) is 5.75 Å². The predicted octanol–water partition coefficient (Wildman–Crippen LogP) is 1.96. The summed E-state index contributed by atoms with van der Waals surface area (Å²) in [5, 5.41) is 2.77. The van der Waals surface area contributed by atoms with E-state index in [9.17, 15) is 13.2 Å². The molecule has 4 N–H and O–H groups in total. The Morgan fingerprint density at radius 1 is 1.22 bits per heavy atom. The topological polar surface area (TPSA) is 111 Å². The zero-order chi connectivity index (χ0) is 19.4. The van der Waals surface area contributed by atoms with Crippen molar-refractivity contribution in [3.05, 3.63) is 54.1 Å². The summed E-state index contributed by atoms with van der Waals surface area (Å²) in [5.41, 5.74) is 6.66. The van der Waals surface area contributed by atoms with Gasteiger partial charge in [0.25, 0.3) is 15.9 Å². The Labute approximate surface area is 159 Å². The lowest BCUT2D eigenvalue weighted by atomic mass is 10.2. The lowest BCUT2D eigenvalue weighted by Crippen LogP contribution is -2.38. The molecule has 1 fully saturated rings. The maximum absolute atomic E-state index is 12.6. The highest BCUT2D eigenvalue weighted by Gasteiger charge is 2.28. The van der Waals surface area contributed by atoms with Gasteiger partial charge in [-0.05, 0) is 61.2 Å². The predicted molar refractivity (Wildman–Crippen MR) is 103 cm³/mol. The van der Waals surface area contributed by atoms with Crippen LogP contribution in [0.1, 0.15) is 23.2 Å². The summed E-state index contributed by atoms with van der Waals surface area (Å²) in [6.45, 7) is 0.380. The number of carbonyl (C=O) groups excluding carboxylic acids is 1. The largest absolute Gasteiger partial charge is 0.497 e. The molecule has 0 radical (unpaired) electrons. The van der Waals surface area contributed by atoms with Crippen LogP contribution in [0.4, 0.5) is 5.69 Å². The normalized spacial score (nSPS) is 15.0. The van der Waals surface area contributed by atoms with Gasteiger partial charge in [0, 0.05) is 23.8 Å². The lowest BCUT2D eigenvalue weighted by Gasteiger charge is -2.13. The molecule has 0 aromatic heterocycles. The lowest BCUT2D eigenvalue weighted by molar-refractivity contribution is 0.0950. The number of methoxy groups -OCH3 is 1. The molecule has 0 aliphatic heterocycles. The third kappa shape index (κ3) is 4.99. The van der Waals surface area contributed by atoms with Gasteiger partial charge in [-0.25, -0.2) is 8.42 Å². The van der Waals surface area contributed by atoms with Crippen molar-refractivity contribution in [2.24, 2.45) is 11.7 Å². The molecule has 3 rings (SSSR count). The number of benzene rings is 2. The third-order valence-electron chi connectivity index (χ3n) is 4.47. The number of rotatable bonds is 8. The molecule has 1 aliphatic rings. The molecule has 0 spiro atoms. The van der Waals surface area contributed by atoms with Crippen LogP contribution in [0.25, 0.3) is 0 Å². The number of hydrogen-bond acceptors (Lipinski definition) is 5. The number of carbonyl (C=O) groups is 1. The van der Waals surface area contributed by atoms with Crippen molar-refractivity contribution in [1.29, 1.82) is 0 Å². The number of sulfonamides is 1. The Hall–Kier alpha value is -2.58. The summed E-state index contributed by atoms with van der Waals surface area (Å²) < 4.78 is 32.7. The molecule has 0 saturated heterocycles. The number of nitrogens with one attached hydrogen (secondary N) is 2. The third-order valence-corrected chi connectivity index (χ3v) is 5.85. The molecule has 1 amide bonds. The highest BCUT2D eigenvalue weighted by Crippen LogP contribution is 2.31. The molecule has 1 unspecified atom stereocenters. The van der Waals surface area contributed by atoms with E-state index < -0.39 is 10.0 Å². The van der Waals surface area contributed by atoms with E-state index in [1.807, 2.05) is 0 Å². The van der Waals surface area contributed by atoms with Crippen LogP contribution in [-0.2, 0) is 10.0 Å². The zero-order valence-electron chi connectivity index (χ0n) is 15.0. The first-order valence-electron chi connectivity index (χ1n) is 8.70. The van der Waals surface area contributed by atoms with Gasteiger partial charge in [0.15, 0.2) is 0 Å². The molecule has 1 aliphatic carbocycles. The van der Waals surface area contributed by atoms with Gasteiger partial charge < -0.3 is 15.8 Å². The Balaban J connectivity index is 1.69. The van der Waals surface area contributed by atoms with Crippen LogP contribution in [0.2, 0.25) is 0 Å². The first kappa shape index (κ1) is 19.2. The van der Waals surface area contributed by atoms with E-state index in [1.54, 1.807) is 30.3 Å². The molecule has 2 aromatic rings. The molecular weight excluding hydrogens is 366 g/mol. The number of anilines is 1. The minimum Gasteiger partial charge on any atom is -0.497 e. The molecule has 1 saturated carbocycles. The van der Waals surface area contributed by atoms with Crippen LogP contribution in [0.3, 0.4) is 0 Å². The summed E-state index contributed by atoms with van der Waals surface area (Å²) >= 11 is 0. The number of hydrogen-bond donors (Lipinski definition) is 3. The van der Waals surface area contributed by atoms with Crippen LogP contribution in [0, 0.1) is 5.92 Å². The molecule has 0 heterocycles. The quantitative estimate of drug-likeness (QED) is 0.639. The van der Waals surface area contributed by atoms with E-state index in [1.165, 1.54) is 25.3 Å². The van der Waals surface area contributed by atoms with Crippen molar-refractivity contribution < 1.29 is 17.9 Å². The zero-order valence-corrected chi connectivity index (χ0v) is 15.8. The van der Waals surface area contributed by atoms with E-state index in [-0.39, 0.29) is 22.4 Å². The Morgan fingerprint density at radius 3 is 2.56 bits per heavy atom. The van der Waals surface area contributed by atoms with E-state index in [2.05, 4.69) is 10.0 Å². The Morgan fingerprint density at radius 2 is 1.93 bits per heavy atom. The molecule has 27 heavy (non-hydrogen) atoms. The van der Waals surface area contributed by atoms with Crippen LogP contribution in [0.15, 0.2) is 53.4 Å². The van der Waals surface area contributed by atoms with Crippen molar-refractivity contribution >= 4 is 21.6 Å². The van der Waals surface area contributed by atoms with Crippen molar-refractivity contribution in [3.63, 3.8) is 0 Å². The molecule has 0 bridgehead atoms. The van der Waals surface area contributed by atoms with Gasteiger partial charge in [0.1, 0.15) is 5.75 Å². The summed E-state index contributed by atoms with van der Waals surface area (Å²) in [5.74, 6) is 0.763. The summed E-state index contributed by atoms with van der Waals surface area (Å²) in [6, 6.07) is 12.4. The van der Waals surface area contributed by atoms with Crippen molar-refractivity contribution in [2.75, 3.05) is 18.4 Å². The number of amides is 1. The smallest absolute Gasteiger partial charge is 0.261 e. The summed E-state index contributed by atoms with van der Waals surface area (Å²) in [6.07, 6.45) is 2.20. The first-order valence-corrected chi connectivity index (χ1v) is 10.2. The van der Waals surface area contributed by atoms with Gasteiger partial charge in [-0.15, -0.1) is 0 Å². The van der Waals surface area contributed by atoms with Gasteiger partial charge in [0.2, 0.25) is 0 Å². The van der Waals surface area contributed by atoms with Gasteiger partial charge in [-0.3, -0.25) is 9.52 Å². The van der Waals surface area contributed by atoms with Crippen LogP contribution >= 0.6 is 0 Å². The SMILES string of the molecule is COc1ccc(NS(=O)(=O)c2cccc(C(=O)NCC(N)C3CC3)c2)cc1. The van der Waals surface area contributed by atoms with Crippen molar-refractivity contribution in [3.8, 4) is 5.75 Å². The number of ether oxygens (including phenoxy) is 1. The Bertz CT molecular complexity index is 909. The molecular formula is C19H23N3O4S. The minimum atomic E-state index is -3.82. The molecule has 8 heteroatoms. The molecule has 2 aromatic carbocycles. The minimum absolute atomic E-state index is 0.0115. The average Bonchev–Trinajstić information content (AvgIpc) is 3.51. The molecule has 7 nitrogen and oxygen atoms in total. The second kappa shape index (κ2) is 7.98. The Kier molecular flexibility index (Phi) is 5.67. The standard InChI is InChI=1S/C19H23N3O4S/c1-26-16-9-7-15(8-10-16)22-27(24,25)17-4-2-3-14(11-17)19(23)21-12-18(20)13-5-6-13/h2-4,7-11,13,18,22H,5-6,12,20H2,1H3,(H,21,23). The second-order valence-electron chi connectivity index (χ2n) is 6.57. The van der Waals surface area contributed by atoms with Gasteiger partial charge in [-0.2, -0.15) is 0 Å².